The molecule has 1 N–H and O–H groups in total. The van der Waals surface area contributed by atoms with Crippen molar-refractivity contribution in [2.75, 3.05) is 0 Å². The first-order valence-electron chi connectivity index (χ1n) is 10.5. The zero-order valence-corrected chi connectivity index (χ0v) is 18.2. The van der Waals surface area contributed by atoms with Crippen LogP contribution in [0.15, 0.2) is 96.1 Å². The highest BCUT2D eigenvalue weighted by Crippen LogP contribution is 2.18. The molecule has 1 heterocycles. The summed E-state index contributed by atoms with van der Waals surface area (Å²) < 4.78 is 8.07. The molecule has 5 nitrogen and oxygen atoms in total. The fourth-order valence-corrected chi connectivity index (χ4v) is 3.52. The van der Waals surface area contributed by atoms with Crippen molar-refractivity contribution in [3.63, 3.8) is 0 Å². The van der Waals surface area contributed by atoms with Crippen LogP contribution < -0.4 is 10.2 Å². The molecule has 0 aliphatic heterocycles. The Kier molecular flexibility index (Phi) is 6.46. The van der Waals surface area contributed by atoms with Crippen molar-refractivity contribution in [1.82, 2.24) is 9.99 Å². The number of para-hydroxylation sites is 1. The van der Waals surface area contributed by atoms with Gasteiger partial charge in [-0.1, -0.05) is 42.5 Å². The third-order valence-electron chi connectivity index (χ3n) is 5.18. The average Bonchev–Trinajstić information content (AvgIpc) is 3.17. The third-order valence-corrected chi connectivity index (χ3v) is 5.18. The lowest BCUT2D eigenvalue weighted by Crippen LogP contribution is -2.17. The normalized spacial score (nSPS) is 10.9. The fourth-order valence-electron chi connectivity index (χ4n) is 3.52. The number of benzene rings is 3. The van der Waals surface area contributed by atoms with E-state index in [0.29, 0.717) is 17.9 Å². The van der Waals surface area contributed by atoms with Crippen LogP contribution in [-0.4, -0.2) is 16.7 Å². The molecule has 0 unspecified atom stereocenters. The highest BCUT2D eigenvalue weighted by Gasteiger charge is 2.08. The van der Waals surface area contributed by atoms with Crippen LogP contribution in [-0.2, 0) is 6.61 Å². The highest BCUT2D eigenvalue weighted by atomic mass is 16.5. The standard InChI is InChI=1S/C27H25N3O2/c1-20-12-13-21(2)30(20)25-16-14-23(15-17-25)27(31)29-28-18-24-10-6-7-11-26(24)32-19-22-8-4-3-5-9-22/h3-18H,19H2,1-2H3,(H,29,31)/b28-18+. The predicted molar refractivity (Wildman–Crippen MR) is 128 cm³/mol. The topological polar surface area (TPSA) is 55.6 Å². The molecule has 4 rings (SSSR count). The van der Waals surface area contributed by atoms with Crippen LogP contribution in [0.3, 0.4) is 0 Å². The van der Waals surface area contributed by atoms with E-state index in [1.807, 2.05) is 66.7 Å². The zero-order chi connectivity index (χ0) is 22.3. The van der Waals surface area contributed by atoms with Crippen LogP contribution in [0.25, 0.3) is 5.69 Å². The molecule has 0 bridgehead atoms. The van der Waals surface area contributed by atoms with Gasteiger partial charge in [0.1, 0.15) is 12.4 Å². The summed E-state index contributed by atoms with van der Waals surface area (Å²) in [5, 5.41) is 4.12. The molecule has 0 aliphatic rings. The van der Waals surface area contributed by atoms with Crippen LogP contribution >= 0.6 is 0 Å². The average molecular weight is 424 g/mol. The van der Waals surface area contributed by atoms with E-state index in [4.69, 9.17) is 4.74 Å². The van der Waals surface area contributed by atoms with Gasteiger partial charge in [0.25, 0.3) is 5.91 Å². The second-order valence-electron chi connectivity index (χ2n) is 7.51. The van der Waals surface area contributed by atoms with E-state index >= 15 is 0 Å². The molecule has 4 aromatic rings. The number of rotatable bonds is 7. The minimum atomic E-state index is -0.267. The molecule has 0 saturated heterocycles. The molecule has 0 spiro atoms. The number of hydrogen-bond donors (Lipinski definition) is 1. The van der Waals surface area contributed by atoms with E-state index in [2.05, 4.69) is 41.1 Å². The first-order valence-corrected chi connectivity index (χ1v) is 10.5. The lowest BCUT2D eigenvalue weighted by molar-refractivity contribution is 0.0955. The number of nitrogens with one attached hydrogen (secondary N) is 1. The fraction of sp³-hybridized carbons (Fsp3) is 0.111. The summed E-state index contributed by atoms with van der Waals surface area (Å²) in [6.07, 6.45) is 1.60. The monoisotopic (exact) mass is 423 g/mol. The van der Waals surface area contributed by atoms with E-state index in [1.54, 1.807) is 18.3 Å². The minimum absolute atomic E-state index is 0.267. The van der Waals surface area contributed by atoms with E-state index in [-0.39, 0.29) is 5.91 Å². The smallest absolute Gasteiger partial charge is 0.271 e. The van der Waals surface area contributed by atoms with Crippen LogP contribution in [0, 0.1) is 13.8 Å². The summed E-state index contributed by atoms with van der Waals surface area (Å²) in [7, 11) is 0. The van der Waals surface area contributed by atoms with Crippen molar-refractivity contribution in [1.29, 1.82) is 0 Å². The second kappa shape index (κ2) is 9.79. The predicted octanol–water partition coefficient (Wildman–Crippen LogP) is 5.44. The van der Waals surface area contributed by atoms with Gasteiger partial charge in [0.05, 0.1) is 6.21 Å². The van der Waals surface area contributed by atoms with Crippen LogP contribution in [0.1, 0.15) is 32.9 Å². The molecule has 3 aromatic carbocycles. The molecule has 160 valence electrons. The third kappa shape index (κ3) is 4.95. The number of aryl methyl sites for hydroxylation is 2. The maximum Gasteiger partial charge on any atom is 0.271 e. The number of hydrogen-bond acceptors (Lipinski definition) is 3. The van der Waals surface area contributed by atoms with E-state index in [9.17, 15) is 4.79 Å². The molecule has 0 radical (unpaired) electrons. The molecule has 32 heavy (non-hydrogen) atoms. The number of ether oxygens (including phenoxy) is 1. The Morgan fingerprint density at radius 1 is 0.875 bits per heavy atom. The maximum atomic E-state index is 12.5. The Morgan fingerprint density at radius 2 is 1.53 bits per heavy atom. The number of amides is 1. The zero-order valence-electron chi connectivity index (χ0n) is 18.2. The van der Waals surface area contributed by atoms with E-state index in [0.717, 1.165) is 28.2 Å². The molecule has 0 aliphatic carbocycles. The summed E-state index contributed by atoms with van der Waals surface area (Å²) in [5.74, 6) is 0.438. The van der Waals surface area contributed by atoms with Gasteiger partial charge in [0, 0.05) is 28.2 Å². The van der Waals surface area contributed by atoms with Gasteiger partial charge >= 0.3 is 0 Å². The number of aromatic nitrogens is 1. The van der Waals surface area contributed by atoms with Gasteiger partial charge < -0.3 is 9.30 Å². The van der Waals surface area contributed by atoms with E-state index in [1.165, 1.54) is 0 Å². The molecule has 0 fully saturated rings. The molecule has 5 heteroatoms. The number of carbonyl (C=O) groups excluding carboxylic acids is 1. The van der Waals surface area contributed by atoms with Crippen molar-refractivity contribution >= 4 is 12.1 Å². The highest BCUT2D eigenvalue weighted by molar-refractivity contribution is 5.95. The van der Waals surface area contributed by atoms with Gasteiger partial charge in [0.15, 0.2) is 0 Å². The lowest BCUT2D eigenvalue weighted by atomic mass is 10.2. The number of carbonyl (C=O) groups is 1. The maximum absolute atomic E-state index is 12.5. The molecular formula is C27H25N3O2. The van der Waals surface area contributed by atoms with Crippen molar-refractivity contribution in [2.24, 2.45) is 5.10 Å². The van der Waals surface area contributed by atoms with Crippen molar-refractivity contribution in [2.45, 2.75) is 20.5 Å². The lowest BCUT2D eigenvalue weighted by Gasteiger charge is -2.10. The first-order chi connectivity index (χ1) is 15.6. The molecule has 0 saturated carbocycles. The van der Waals surface area contributed by atoms with Crippen molar-refractivity contribution in [3.05, 3.63) is 119 Å². The summed E-state index contributed by atoms with van der Waals surface area (Å²) in [4.78, 5) is 12.5. The van der Waals surface area contributed by atoms with Crippen LogP contribution in [0.4, 0.5) is 0 Å². The summed E-state index contributed by atoms with van der Waals surface area (Å²) in [6, 6.07) is 29.2. The Balaban J connectivity index is 1.39. The number of hydrazone groups is 1. The van der Waals surface area contributed by atoms with Crippen molar-refractivity contribution < 1.29 is 9.53 Å². The molecule has 1 aromatic heterocycles. The Labute approximate surface area is 188 Å². The first kappa shape index (κ1) is 21.1. The molecule has 0 atom stereocenters. The second-order valence-corrected chi connectivity index (χ2v) is 7.51. The Hall–Kier alpha value is -4.12. The molecular weight excluding hydrogens is 398 g/mol. The quantitative estimate of drug-likeness (QED) is 0.318. The number of nitrogens with zero attached hydrogens (tertiary/aromatic N) is 2. The van der Waals surface area contributed by atoms with Crippen LogP contribution in [0.2, 0.25) is 0 Å². The van der Waals surface area contributed by atoms with Crippen LogP contribution in [0.5, 0.6) is 5.75 Å². The van der Waals surface area contributed by atoms with Gasteiger partial charge in [-0.2, -0.15) is 5.10 Å². The largest absolute Gasteiger partial charge is 0.488 e. The molecule has 1 amide bonds. The van der Waals surface area contributed by atoms with Gasteiger partial charge in [-0.05, 0) is 67.9 Å². The summed E-state index contributed by atoms with van der Waals surface area (Å²) in [5.41, 5.74) is 8.33. The van der Waals surface area contributed by atoms with Gasteiger partial charge in [-0.15, -0.1) is 0 Å². The van der Waals surface area contributed by atoms with E-state index < -0.39 is 0 Å². The van der Waals surface area contributed by atoms with Gasteiger partial charge in [-0.25, -0.2) is 5.43 Å². The minimum Gasteiger partial charge on any atom is -0.488 e. The summed E-state index contributed by atoms with van der Waals surface area (Å²) in [6.45, 7) is 4.58. The SMILES string of the molecule is Cc1ccc(C)n1-c1ccc(C(=O)N/N=C/c2ccccc2OCc2ccccc2)cc1. The van der Waals surface area contributed by atoms with Gasteiger partial charge in [-0.3, -0.25) is 4.79 Å². The summed E-state index contributed by atoms with van der Waals surface area (Å²) >= 11 is 0. The Morgan fingerprint density at radius 3 is 2.25 bits per heavy atom. The Bertz CT molecular complexity index is 1210. The van der Waals surface area contributed by atoms with Crippen molar-refractivity contribution in [3.8, 4) is 11.4 Å². The van der Waals surface area contributed by atoms with Gasteiger partial charge in [0.2, 0.25) is 0 Å².